The Labute approximate surface area is 268 Å². The van der Waals surface area contributed by atoms with Crippen LogP contribution >= 0.6 is 11.3 Å². The lowest BCUT2D eigenvalue weighted by Gasteiger charge is -2.36. The molecule has 0 N–H and O–H groups in total. The number of hydrogen-bond acceptors (Lipinski definition) is 2. The van der Waals surface area contributed by atoms with E-state index < -0.39 is 0 Å². The molecule has 0 saturated carbocycles. The zero-order valence-corrected chi connectivity index (χ0v) is 26.3. The molecule has 5 aromatic carbocycles. The molecule has 1 nitrogen and oxygen atoms in total. The van der Waals surface area contributed by atoms with Gasteiger partial charge < -0.3 is 4.90 Å². The van der Waals surface area contributed by atoms with Crippen LogP contribution in [0, 0.1) is 11.8 Å². The fourth-order valence-corrected chi connectivity index (χ4v) is 8.95. The fourth-order valence-electron chi connectivity index (χ4n) is 7.74. The van der Waals surface area contributed by atoms with Gasteiger partial charge in [-0.15, -0.1) is 11.3 Å². The van der Waals surface area contributed by atoms with E-state index >= 15 is 0 Å². The molecule has 9 rings (SSSR count). The molecule has 0 radical (unpaired) electrons. The van der Waals surface area contributed by atoms with Gasteiger partial charge in [0.2, 0.25) is 0 Å². The molecule has 2 heteroatoms. The third-order valence-electron chi connectivity index (χ3n) is 10.0. The lowest BCUT2D eigenvalue weighted by atomic mass is 9.81. The molecule has 45 heavy (non-hydrogen) atoms. The number of allylic oxidation sites excluding steroid dienone is 7. The third kappa shape index (κ3) is 4.06. The Morgan fingerprint density at radius 3 is 2.27 bits per heavy atom. The van der Waals surface area contributed by atoms with Gasteiger partial charge in [-0.3, -0.25) is 0 Å². The summed E-state index contributed by atoms with van der Waals surface area (Å²) in [5.74, 6) is 0.641. The average molecular weight is 596 g/mol. The second-order valence-electron chi connectivity index (χ2n) is 12.9. The van der Waals surface area contributed by atoms with Gasteiger partial charge in [0.15, 0.2) is 0 Å². The van der Waals surface area contributed by atoms with Gasteiger partial charge in [-0.1, -0.05) is 129 Å². The molecule has 0 aliphatic heterocycles. The predicted molar refractivity (Wildman–Crippen MR) is 193 cm³/mol. The van der Waals surface area contributed by atoms with Crippen LogP contribution in [0.3, 0.4) is 0 Å². The Bertz CT molecular complexity index is 2260. The zero-order chi connectivity index (χ0) is 30.1. The molecule has 0 bridgehead atoms. The first-order chi connectivity index (χ1) is 22.1. The van der Waals surface area contributed by atoms with Crippen LogP contribution in [-0.2, 0) is 5.41 Å². The van der Waals surface area contributed by atoms with Gasteiger partial charge in [0.1, 0.15) is 0 Å². The molecule has 3 aliphatic carbocycles. The highest BCUT2D eigenvalue weighted by Crippen LogP contribution is 2.50. The Hall–Kier alpha value is -4.92. The second kappa shape index (κ2) is 10.1. The molecule has 0 spiro atoms. The van der Waals surface area contributed by atoms with Gasteiger partial charge in [0.05, 0.1) is 10.4 Å². The van der Waals surface area contributed by atoms with Crippen molar-refractivity contribution in [2.45, 2.75) is 19.3 Å². The van der Waals surface area contributed by atoms with Crippen LogP contribution in [0.15, 0.2) is 157 Å². The number of nitrogens with zero attached hydrogens (tertiary/aromatic N) is 1. The minimum atomic E-state index is -0.0128. The first-order valence-corrected chi connectivity index (χ1v) is 16.7. The zero-order valence-electron chi connectivity index (χ0n) is 25.4. The summed E-state index contributed by atoms with van der Waals surface area (Å²) in [7, 11) is 0. The Kier molecular flexibility index (Phi) is 5.92. The summed E-state index contributed by atoms with van der Waals surface area (Å²) in [4.78, 5) is 2.51. The number of fused-ring (bicyclic) bond motifs is 7. The molecule has 6 aromatic rings. The van der Waals surface area contributed by atoms with E-state index in [9.17, 15) is 0 Å². The van der Waals surface area contributed by atoms with Crippen LogP contribution in [0.1, 0.15) is 25.0 Å². The molecule has 3 aliphatic rings. The smallest absolute Gasteiger partial charge is 0.0637 e. The first kappa shape index (κ1) is 26.5. The van der Waals surface area contributed by atoms with E-state index in [1.165, 1.54) is 70.6 Å². The van der Waals surface area contributed by atoms with Crippen LogP contribution in [0.4, 0.5) is 11.4 Å². The highest BCUT2D eigenvalue weighted by Gasteiger charge is 2.35. The van der Waals surface area contributed by atoms with E-state index in [2.05, 4.69) is 170 Å². The summed E-state index contributed by atoms with van der Waals surface area (Å²) >= 11 is 1.89. The highest BCUT2D eigenvalue weighted by molar-refractivity contribution is 7.26. The Morgan fingerprint density at radius 2 is 1.36 bits per heavy atom. The summed E-state index contributed by atoms with van der Waals surface area (Å²) in [6, 6.07) is 40.7. The topological polar surface area (TPSA) is 3.24 Å². The molecule has 2 unspecified atom stereocenters. The van der Waals surface area contributed by atoms with Crippen molar-refractivity contribution in [1.82, 2.24) is 0 Å². The molecule has 2 atom stereocenters. The molecular weight excluding hydrogens is 563 g/mol. The van der Waals surface area contributed by atoms with Gasteiger partial charge >= 0.3 is 0 Å². The van der Waals surface area contributed by atoms with E-state index in [0.29, 0.717) is 5.92 Å². The molecule has 216 valence electrons. The minimum absolute atomic E-state index is 0.0128. The van der Waals surface area contributed by atoms with E-state index in [-0.39, 0.29) is 11.3 Å². The number of anilines is 2. The van der Waals surface area contributed by atoms with Crippen LogP contribution in [0.2, 0.25) is 0 Å². The molecule has 0 amide bonds. The molecule has 0 saturated heterocycles. The Morgan fingerprint density at radius 1 is 0.622 bits per heavy atom. The van der Waals surface area contributed by atoms with Crippen molar-refractivity contribution in [3.05, 3.63) is 169 Å². The van der Waals surface area contributed by atoms with Gasteiger partial charge in [0.25, 0.3) is 0 Å². The van der Waals surface area contributed by atoms with Crippen molar-refractivity contribution in [3.8, 4) is 22.3 Å². The predicted octanol–water partition coefficient (Wildman–Crippen LogP) is 12.0. The highest BCUT2D eigenvalue weighted by atomic mass is 32.1. The van der Waals surface area contributed by atoms with Crippen LogP contribution in [0.5, 0.6) is 0 Å². The second-order valence-corrected chi connectivity index (χ2v) is 14.0. The van der Waals surface area contributed by atoms with Crippen molar-refractivity contribution >= 4 is 42.9 Å². The van der Waals surface area contributed by atoms with E-state index in [0.717, 1.165) is 0 Å². The van der Waals surface area contributed by atoms with E-state index in [1.54, 1.807) is 0 Å². The van der Waals surface area contributed by atoms with Crippen molar-refractivity contribution in [2.24, 2.45) is 11.8 Å². The van der Waals surface area contributed by atoms with Crippen molar-refractivity contribution in [3.63, 3.8) is 0 Å². The van der Waals surface area contributed by atoms with Crippen LogP contribution in [0.25, 0.3) is 42.4 Å². The van der Waals surface area contributed by atoms with Crippen molar-refractivity contribution in [1.29, 1.82) is 0 Å². The van der Waals surface area contributed by atoms with Gasteiger partial charge in [-0.25, -0.2) is 0 Å². The number of hydrogen-bond donors (Lipinski definition) is 0. The average Bonchev–Trinajstić information content (AvgIpc) is 3.58. The summed E-state index contributed by atoms with van der Waals surface area (Å²) in [6.07, 6.45) is 15.9. The van der Waals surface area contributed by atoms with Crippen LogP contribution in [-0.4, -0.2) is 0 Å². The number of rotatable bonds is 4. The van der Waals surface area contributed by atoms with Crippen molar-refractivity contribution in [2.75, 3.05) is 4.90 Å². The molecule has 0 fully saturated rings. The summed E-state index contributed by atoms with van der Waals surface area (Å²) in [5.41, 5.74) is 11.8. The van der Waals surface area contributed by atoms with Gasteiger partial charge in [0, 0.05) is 44.1 Å². The molecule has 1 aromatic heterocycles. The maximum Gasteiger partial charge on any atom is 0.0637 e. The van der Waals surface area contributed by atoms with Gasteiger partial charge in [-0.05, 0) is 69.8 Å². The van der Waals surface area contributed by atoms with Gasteiger partial charge in [-0.2, -0.15) is 0 Å². The SMILES string of the molecule is CC1(C)c2ccccc2-c2ccc(-c3ccc(N(C4=CC=CC5C=CC=CC45)c4cccc5c4sc4ccccc45)cc3)cc21. The quantitative estimate of drug-likeness (QED) is 0.196. The fraction of sp³-hybridized carbons (Fsp3) is 0.116. The summed E-state index contributed by atoms with van der Waals surface area (Å²) in [5, 5.41) is 2.64. The third-order valence-corrected chi connectivity index (χ3v) is 11.3. The standard InChI is InChI=1S/C43H33NS/c1-43(2)37-17-7-5-14-33(37)34-26-23-30(27-38(34)43)28-21-24-31(25-22-28)44(39-18-9-12-29-11-3-4-13-32(29)39)40-19-10-16-36-35-15-6-8-20-41(35)45-42(36)40/h3-27,29,32H,1-2H3. The van der Waals surface area contributed by atoms with Crippen molar-refractivity contribution < 1.29 is 0 Å². The minimum Gasteiger partial charge on any atom is -0.312 e. The van der Waals surface area contributed by atoms with E-state index in [4.69, 9.17) is 0 Å². The summed E-state index contributed by atoms with van der Waals surface area (Å²) in [6.45, 7) is 4.71. The maximum atomic E-state index is 2.51. The van der Waals surface area contributed by atoms with Crippen LogP contribution < -0.4 is 4.90 Å². The Balaban J connectivity index is 1.17. The molecular formula is C43H33NS. The number of benzene rings is 5. The normalized spacial score (nSPS) is 18.9. The lowest BCUT2D eigenvalue weighted by Crippen LogP contribution is -2.27. The summed E-state index contributed by atoms with van der Waals surface area (Å²) < 4.78 is 2.65. The maximum absolute atomic E-state index is 2.51. The number of thiophene rings is 1. The van der Waals surface area contributed by atoms with E-state index in [1.807, 2.05) is 11.3 Å². The molecule has 1 heterocycles. The lowest BCUT2D eigenvalue weighted by molar-refractivity contribution is 0.613. The largest absolute Gasteiger partial charge is 0.312 e. The first-order valence-electron chi connectivity index (χ1n) is 15.9. The monoisotopic (exact) mass is 595 g/mol.